The Labute approximate surface area is 45.8 Å². The SMILES string of the molecule is FC=C(F)F.[Zn]. The maximum atomic E-state index is 10.2. The van der Waals surface area contributed by atoms with Crippen molar-refractivity contribution in [2.75, 3.05) is 0 Å². The molecule has 0 aliphatic heterocycles. The molecule has 0 aromatic rings. The van der Waals surface area contributed by atoms with E-state index in [1.54, 1.807) is 0 Å². The third kappa shape index (κ3) is 8.91. The van der Waals surface area contributed by atoms with E-state index < -0.39 is 12.4 Å². The molecule has 0 heterocycles. The van der Waals surface area contributed by atoms with Crippen LogP contribution in [0.25, 0.3) is 0 Å². The molecule has 32 valence electrons. The fourth-order valence-corrected chi connectivity index (χ4v) is 0. The molecule has 0 nitrogen and oxygen atoms in total. The predicted octanol–water partition coefficient (Wildman–Crippen LogP) is 1.69. The summed E-state index contributed by atoms with van der Waals surface area (Å²) < 4.78 is 30.7. The zero-order valence-corrected chi connectivity index (χ0v) is 5.89. The minimum Gasteiger partial charge on any atom is -0.210 e. The van der Waals surface area contributed by atoms with Crippen molar-refractivity contribution in [3.8, 4) is 0 Å². The van der Waals surface area contributed by atoms with Crippen molar-refractivity contribution in [3.05, 3.63) is 12.4 Å². The zero-order chi connectivity index (χ0) is 4.28. The fraction of sp³-hybridized carbons (Fsp3) is 0. The molecule has 0 fully saturated rings. The maximum absolute atomic E-state index is 10.2. The van der Waals surface area contributed by atoms with E-state index in [0.29, 0.717) is 0 Å². The summed E-state index contributed by atoms with van der Waals surface area (Å²) in [6.07, 6.45) is -3.04. The van der Waals surface area contributed by atoms with Crippen molar-refractivity contribution in [1.29, 1.82) is 0 Å². The van der Waals surface area contributed by atoms with Gasteiger partial charge in [0.1, 0.15) is 0 Å². The van der Waals surface area contributed by atoms with Crippen LogP contribution in [0.2, 0.25) is 0 Å². The Morgan fingerprint density at radius 3 is 1.50 bits per heavy atom. The van der Waals surface area contributed by atoms with Crippen LogP contribution in [0.4, 0.5) is 13.2 Å². The Bertz CT molecular complexity index is 46.8. The molecule has 0 aromatic heterocycles. The summed E-state index contributed by atoms with van der Waals surface area (Å²) in [5.41, 5.74) is 0. The minimum atomic E-state index is -2.29. The first-order valence-corrected chi connectivity index (χ1v) is 0.885. The number of halogens is 3. The standard InChI is InChI=1S/C2HF3.Zn/c3-1-2(4)5;/h1H;. The maximum Gasteiger partial charge on any atom is 0.298 e. The summed E-state index contributed by atoms with van der Waals surface area (Å²) in [4.78, 5) is 0. The topological polar surface area (TPSA) is 0 Å². The monoisotopic (exact) mass is 146 g/mol. The van der Waals surface area contributed by atoms with E-state index in [2.05, 4.69) is 0 Å². The van der Waals surface area contributed by atoms with Gasteiger partial charge < -0.3 is 0 Å². The molecule has 0 radical (unpaired) electrons. The molecule has 0 amide bonds. The summed E-state index contributed by atoms with van der Waals surface area (Å²) in [7, 11) is 0. The largest absolute Gasteiger partial charge is 0.298 e. The van der Waals surface area contributed by atoms with Gasteiger partial charge in [-0.3, -0.25) is 0 Å². The van der Waals surface area contributed by atoms with E-state index in [1.165, 1.54) is 0 Å². The Kier molecular flexibility index (Phi) is 8.14. The predicted molar refractivity (Wildman–Crippen MR) is 11.4 cm³/mol. The summed E-state index contributed by atoms with van der Waals surface area (Å²) in [5.74, 6) is 0. The first-order chi connectivity index (χ1) is 2.27. The van der Waals surface area contributed by atoms with Crippen LogP contribution in [0.1, 0.15) is 0 Å². The molecule has 0 spiro atoms. The van der Waals surface area contributed by atoms with Crippen molar-refractivity contribution in [2.24, 2.45) is 0 Å². The van der Waals surface area contributed by atoms with Gasteiger partial charge in [0.25, 0.3) is 6.08 Å². The summed E-state index contributed by atoms with van der Waals surface area (Å²) in [6.45, 7) is 0. The smallest absolute Gasteiger partial charge is 0.210 e. The van der Waals surface area contributed by atoms with E-state index in [1.807, 2.05) is 0 Å². The van der Waals surface area contributed by atoms with Crippen LogP contribution in [0, 0.1) is 0 Å². The summed E-state index contributed by atoms with van der Waals surface area (Å²) in [6, 6.07) is 0. The Morgan fingerprint density at radius 2 is 1.50 bits per heavy atom. The van der Waals surface area contributed by atoms with Crippen molar-refractivity contribution >= 4 is 0 Å². The molecule has 0 aliphatic carbocycles. The Balaban J connectivity index is 0. The van der Waals surface area contributed by atoms with Crippen LogP contribution in [0.3, 0.4) is 0 Å². The average molecular weight is 147 g/mol. The van der Waals surface area contributed by atoms with Crippen LogP contribution in [-0.4, -0.2) is 0 Å². The van der Waals surface area contributed by atoms with E-state index in [9.17, 15) is 13.2 Å². The fourth-order valence-electron chi connectivity index (χ4n) is 0. The Hall–Kier alpha value is 0.153. The third-order valence-corrected chi connectivity index (χ3v) is 0.0825. The van der Waals surface area contributed by atoms with Crippen LogP contribution in [0.15, 0.2) is 12.4 Å². The van der Waals surface area contributed by atoms with Gasteiger partial charge in [0.05, 0.1) is 0 Å². The second-order valence-electron chi connectivity index (χ2n) is 0.399. The molecule has 4 heteroatoms. The van der Waals surface area contributed by atoms with Gasteiger partial charge in [-0.1, -0.05) is 0 Å². The minimum absolute atomic E-state index is 0. The molecule has 0 rings (SSSR count). The van der Waals surface area contributed by atoms with Gasteiger partial charge in [0.15, 0.2) is 6.33 Å². The number of hydrogen-bond acceptors (Lipinski definition) is 0. The van der Waals surface area contributed by atoms with Crippen molar-refractivity contribution in [1.82, 2.24) is 0 Å². The molecule has 0 N–H and O–H groups in total. The second kappa shape index (κ2) is 5.15. The zero-order valence-electron chi connectivity index (χ0n) is 2.92. The first kappa shape index (κ1) is 9.47. The molecule has 0 aliphatic rings. The molecule has 0 saturated heterocycles. The van der Waals surface area contributed by atoms with Crippen LogP contribution < -0.4 is 0 Å². The third-order valence-electron chi connectivity index (χ3n) is 0.0825. The summed E-state index contributed by atoms with van der Waals surface area (Å²) >= 11 is 0. The molecule has 0 saturated carbocycles. The van der Waals surface area contributed by atoms with E-state index in [0.717, 1.165) is 0 Å². The second-order valence-corrected chi connectivity index (χ2v) is 0.399. The van der Waals surface area contributed by atoms with Gasteiger partial charge in [0.2, 0.25) is 0 Å². The molecular formula is C2HF3Zn. The van der Waals surface area contributed by atoms with Gasteiger partial charge in [-0.15, -0.1) is 0 Å². The molecular weight excluding hydrogens is 146 g/mol. The van der Waals surface area contributed by atoms with Crippen LogP contribution in [0.5, 0.6) is 0 Å². The average Bonchev–Trinajstić information content (AvgIpc) is 1.38. The van der Waals surface area contributed by atoms with Crippen LogP contribution in [-0.2, 0) is 19.5 Å². The molecule has 0 unspecified atom stereocenters. The number of rotatable bonds is 0. The quantitative estimate of drug-likeness (QED) is 0.458. The van der Waals surface area contributed by atoms with Gasteiger partial charge in [-0.25, -0.2) is 4.39 Å². The van der Waals surface area contributed by atoms with Gasteiger partial charge in [0, 0.05) is 19.5 Å². The van der Waals surface area contributed by atoms with Crippen molar-refractivity contribution in [3.63, 3.8) is 0 Å². The number of hydrogen-bond donors (Lipinski definition) is 0. The van der Waals surface area contributed by atoms with Crippen molar-refractivity contribution in [2.45, 2.75) is 0 Å². The van der Waals surface area contributed by atoms with Crippen LogP contribution >= 0.6 is 0 Å². The molecule has 0 bridgehead atoms. The molecule has 6 heavy (non-hydrogen) atoms. The van der Waals surface area contributed by atoms with Gasteiger partial charge >= 0.3 is 0 Å². The van der Waals surface area contributed by atoms with E-state index in [4.69, 9.17) is 0 Å². The summed E-state index contributed by atoms with van der Waals surface area (Å²) in [5, 5.41) is 0. The molecule has 0 aromatic carbocycles. The normalized spacial score (nSPS) is 5.83. The Morgan fingerprint density at radius 1 is 1.33 bits per heavy atom. The van der Waals surface area contributed by atoms with E-state index in [-0.39, 0.29) is 19.5 Å². The van der Waals surface area contributed by atoms with E-state index >= 15 is 0 Å². The molecule has 0 atom stereocenters. The first-order valence-electron chi connectivity index (χ1n) is 0.885. The van der Waals surface area contributed by atoms with Crippen molar-refractivity contribution < 1.29 is 32.6 Å². The van der Waals surface area contributed by atoms with Gasteiger partial charge in [-0.05, 0) is 0 Å². The van der Waals surface area contributed by atoms with Gasteiger partial charge in [-0.2, -0.15) is 8.78 Å².